The summed E-state index contributed by atoms with van der Waals surface area (Å²) >= 11 is 0. The van der Waals surface area contributed by atoms with E-state index in [0.29, 0.717) is 5.92 Å². The summed E-state index contributed by atoms with van der Waals surface area (Å²) in [7, 11) is 1.77. The highest BCUT2D eigenvalue weighted by molar-refractivity contribution is 5.68. The van der Waals surface area contributed by atoms with E-state index in [0.717, 1.165) is 13.0 Å². The third-order valence-corrected chi connectivity index (χ3v) is 5.39. The van der Waals surface area contributed by atoms with Crippen molar-refractivity contribution in [2.75, 3.05) is 13.7 Å². The molecule has 3 rings (SSSR count). The molecule has 1 aliphatic heterocycles. The topological polar surface area (TPSA) is 50.8 Å². The first kappa shape index (κ1) is 18.2. The summed E-state index contributed by atoms with van der Waals surface area (Å²) in [6.45, 7) is 8.86. The van der Waals surface area contributed by atoms with E-state index in [2.05, 4.69) is 41.4 Å². The molecule has 0 aromatic heterocycles. The summed E-state index contributed by atoms with van der Waals surface area (Å²) in [6.07, 6.45) is 0.794. The molecule has 1 aliphatic carbocycles. The van der Waals surface area contributed by atoms with Crippen LogP contribution in [0.3, 0.4) is 0 Å². The molecule has 1 saturated carbocycles. The SMILES string of the molecule is CO[C@H]1CC2CN([C@@H](C)c3ccccc3)C1[C@@H]2NC(=O)OC(C)(C)C. The van der Waals surface area contributed by atoms with Crippen molar-refractivity contribution in [3.8, 4) is 0 Å². The molecule has 5 heteroatoms. The van der Waals surface area contributed by atoms with Gasteiger partial charge in [0.1, 0.15) is 5.60 Å². The van der Waals surface area contributed by atoms with Gasteiger partial charge < -0.3 is 14.8 Å². The lowest BCUT2D eigenvalue weighted by Gasteiger charge is -2.37. The van der Waals surface area contributed by atoms with Crippen molar-refractivity contribution in [3.05, 3.63) is 35.9 Å². The zero-order valence-electron chi connectivity index (χ0n) is 15.9. The molecule has 5 atom stereocenters. The molecule has 5 nitrogen and oxygen atoms in total. The average Bonchev–Trinajstić information content (AvgIpc) is 3.07. The van der Waals surface area contributed by atoms with Crippen molar-refractivity contribution >= 4 is 6.09 Å². The fourth-order valence-corrected chi connectivity index (χ4v) is 4.32. The summed E-state index contributed by atoms with van der Waals surface area (Å²) in [5.74, 6) is 0.397. The van der Waals surface area contributed by atoms with Gasteiger partial charge in [0.2, 0.25) is 0 Å². The Bertz CT molecular complexity index is 599. The van der Waals surface area contributed by atoms with Gasteiger partial charge in [0.15, 0.2) is 0 Å². The van der Waals surface area contributed by atoms with Crippen LogP contribution in [0.4, 0.5) is 4.79 Å². The number of alkyl carbamates (subject to hydrolysis) is 1. The first-order valence-corrected chi connectivity index (χ1v) is 9.13. The largest absolute Gasteiger partial charge is 0.444 e. The normalized spacial score (nSPS) is 30.3. The summed E-state index contributed by atoms with van der Waals surface area (Å²) in [6, 6.07) is 11.1. The van der Waals surface area contributed by atoms with Gasteiger partial charge in [-0.1, -0.05) is 30.3 Å². The maximum absolute atomic E-state index is 12.3. The standard InChI is InChI=1S/C20H30N2O3/c1-13(14-9-7-6-8-10-14)22-12-15-11-16(24-5)18(22)17(15)21-19(23)25-20(2,3)4/h6-10,13,15-18H,11-12H2,1-5H3,(H,21,23)/t13-,15?,16-,17+,18?/m0/s1. The molecule has 2 aliphatic rings. The van der Waals surface area contributed by atoms with Crippen molar-refractivity contribution in [2.45, 2.75) is 63.9 Å². The van der Waals surface area contributed by atoms with E-state index in [1.54, 1.807) is 7.11 Å². The first-order chi connectivity index (χ1) is 11.8. The molecule has 25 heavy (non-hydrogen) atoms. The van der Waals surface area contributed by atoms with Gasteiger partial charge in [0.25, 0.3) is 0 Å². The van der Waals surface area contributed by atoms with Gasteiger partial charge in [0, 0.05) is 19.7 Å². The Kier molecular flexibility index (Phi) is 5.07. The van der Waals surface area contributed by atoms with Gasteiger partial charge in [-0.2, -0.15) is 0 Å². The van der Waals surface area contributed by atoms with Gasteiger partial charge in [-0.15, -0.1) is 0 Å². The number of benzene rings is 1. The highest BCUT2D eigenvalue weighted by Gasteiger charge is 2.54. The number of nitrogens with zero attached hydrogens (tertiary/aromatic N) is 1. The van der Waals surface area contributed by atoms with Crippen molar-refractivity contribution in [1.82, 2.24) is 10.2 Å². The van der Waals surface area contributed by atoms with Crippen LogP contribution in [0.2, 0.25) is 0 Å². The lowest BCUT2D eigenvalue weighted by molar-refractivity contribution is 0.00122. The summed E-state index contributed by atoms with van der Waals surface area (Å²) in [5, 5.41) is 3.12. The minimum Gasteiger partial charge on any atom is -0.444 e. The molecule has 2 bridgehead atoms. The van der Waals surface area contributed by atoms with E-state index in [-0.39, 0.29) is 30.3 Å². The van der Waals surface area contributed by atoms with Crippen molar-refractivity contribution in [1.29, 1.82) is 0 Å². The van der Waals surface area contributed by atoms with Gasteiger partial charge in [-0.3, -0.25) is 4.90 Å². The fraction of sp³-hybridized carbons (Fsp3) is 0.650. The molecule has 2 fully saturated rings. The highest BCUT2D eigenvalue weighted by Crippen LogP contribution is 2.43. The maximum atomic E-state index is 12.3. The van der Waals surface area contributed by atoms with Crippen LogP contribution < -0.4 is 5.32 Å². The zero-order valence-corrected chi connectivity index (χ0v) is 15.9. The Labute approximate surface area is 150 Å². The number of ether oxygens (including phenoxy) is 2. The van der Waals surface area contributed by atoms with Crippen LogP contribution in [-0.2, 0) is 9.47 Å². The molecular formula is C20H30N2O3. The smallest absolute Gasteiger partial charge is 0.407 e. The van der Waals surface area contributed by atoms with Gasteiger partial charge in [-0.25, -0.2) is 4.79 Å². The number of nitrogens with one attached hydrogen (secondary N) is 1. The van der Waals surface area contributed by atoms with Crippen LogP contribution in [0.5, 0.6) is 0 Å². The van der Waals surface area contributed by atoms with Gasteiger partial charge >= 0.3 is 6.09 Å². The molecule has 1 N–H and O–H groups in total. The van der Waals surface area contributed by atoms with Crippen LogP contribution >= 0.6 is 0 Å². The Balaban J connectivity index is 1.75. The number of hydrogen-bond acceptors (Lipinski definition) is 4. The lowest BCUT2D eigenvalue weighted by Crippen LogP contribution is -2.50. The number of piperidine rings is 1. The van der Waals surface area contributed by atoms with Crippen LogP contribution in [0, 0.1) is 5.92 Å². The second-order valence-electron chi connectivity index (χ2n) is 8.22. The zero-order chi connectivity index (χ0) is 18.2. The number of likely N-dealkylation sites (tertiary alicyclic amines) is 1. The van der Waals surface area contributed by atoms with Crippen molar-refractivity contribution < 1.29 is 14.3 Å². The second-order valence-corrected chi connectivity index (χ2v) is 8.22. The molecule has 2 unspecified atom stereocenters. The summed E-state index contributed by atoms with van der Waals surface area (Å²) in [4.78, 5) is 14.8. The molecule has 0 spiro atoms. The van der Waals surface area contributed by atoms with E-state index < -0.39 is 5.60 Å². The number of carbonyl (C=O) groups is 1. The Morgan fingerprint density at radius 3 is 2.56 bits per heavy atom. The molecule has 1 heterocycles. The minimum atomic E-state index is -0.487. The minimum absolute atomic E-state index is 0.0750. The molecule has 138 valence electrons. The Morgan fingerprint density at radius 1 is 1.28 bits per heavy atom. The second kappa shape index (κ2) is 6.96. The average molecular weight is 346 g/mol. The van der Waals surface area contributed by atoms with E-state index in [9.17, 15) is 4.79 Å². The Morgan fingerprint density at radius 2 is 1.96 bits per heavy atom. The quantitative estimate of drug-likeness (QED) is 0.908. The van der Waals surface area contributed by atoms with E-state index in [1.165, 1.54) is 5.56 Å². The van der Waals surface area contributed by atoms with Crippen LogP contribution in [0.1, 0.15) is 45.7 Å². The van der Waals surface area contributed by atoms with E-state index in [1.807, 2.05) is 26.8 Å². The third-order valence-electron chi connectivity index (χ3n) is 5.39. The molecule has 1 aromatic rings. The molecule has 1 saturated heterocycles. The Hall–Kier alpha value is -1.59. The molecule has 0 radical (unpaired) electrons. The monoisotopic (exact) mass is 346 g/mol. The van der Waals surface area contributed by atoms with Crippen molar-refractivity contribution in [2.24, 2.45) is 5.92 Å². The van der Waals surface area contributed by atoms with Crippen LogP contribution in [0.25, 0.3) is 0 Å². The number of fused-ring (bicyclic) bond motifs is 2. The molecule has 1 aromatic carbocycles. The van der Waals surface area contributed by atoms with Crippen LogP contribution in [-0.4, -0.2) is 48.4 Å². The summed E-state index contributed by atoms with van der Waals surface area (Å²) in [5.41, 5.74) is 0.806. The third kappa shape index (κ3) is 3.82. The highest BCUT2D eigenvalue weighted by atomic mass is 16.6. The predicted molar refractivity (Wildman–Crippen MR) is 97.4 cm³/mol. The number of amides is 1. The molecular weight excluding hydrogens is 316 g/mol. The number of rotatable bonds is 4. The van der Waals surface area contributed by atoms with Crippen molar-refractivity contribution in [3.63, 3.8) is 0 Å². The number of carbonyl (C=O) groups excluding carboxylic acids is 1. The van der Waals surface area contributed by atoms with E-state index >= 15 is 0 Å². The summed E-state index contributed by atoms with van der Waals surface area (Å²) < 4.78 is 11.2. The van der Waals surface area contributed by atoms with E-state index in [4.69, 9.17) is 9.47 Å². The fourth-order valence-electron chi connectivity index (χ4n) is 4.32. The van der Waals surface area contributed by atoms with Gasteiger partial charge in [0.05, 0.1) is 18.2 Å². The lowest BCUT2D eigenvalue weighted by atomic mass is 10.0. The molecule has 1 amide bonds. The number of hydrogen-bond donors (Lipinski definition) is 1. The first-order valence-electron chi connectivity index (χ1n) is 9.13. The van der Waals surface area contributed by atoms with Crippen LogP contribution in [0.15, 0.2) is 30.3 Å². The maximum Gasteiger partial charge on any atom is 0.407 e. The van der Waals surface area contributed by atoms with Gasteiger partial charge in [-0.05, 0) is 45.6 Å². The predicted octanol–water partition coefficient (Wildman–Crippen LogP) is 3.36. The number of methoxy groups -OCH3 is 1.